The molecule has 2 amide bonds. The van der Waals surface area contributed by atoms with E-state index in [0.29, 0.717) is 11.4 Å². The summed E-state index contributed by atoms with van der Waals surface area (Å²) in [7, 11) is 0. The smallest absolute Gasteiger partial charge is 0.292 e. The molecule has 0 saturated heterocycles. The number of amides is 2. The Bertz CT molecular complexity index is 851. The molecule has 1 heterocycles. The molecule has 1 aliphatic rings. The molecular weight excluding hydrogens is 384 g/mol. The average molecular weight is 401 g/mol. The maximum atomic E-state index is 12.6. The minimum atomic E-state index is -0.645. The predicted molar refractivity (Wildman–Crippen MR) is 101 cm³/mol. The van der Waals surface area contributed by atoms with Crippen molar-refractivity contribution in [2.75, 3.05) is 10.3 Å². The lowest BCUT2D eigenvalue weighted by molar-refractivity contribution is -0.120. The molecule has 25 heavy (non-hydrogen) atoms. The van der Waals surface area contributed by atoms with Gasteiger partial charge in [-0.2, -0.15) is 0 Å². The van der Waals surface area contributed by atoms with Crippen LogP contribution in [0.5, 0.6) is 0 Å². The molecule has 0 fully saturated rings. The first-order valence-electron chi connectivity index (χ1n) is 7.76. The Morgan fingerprint density at radius 2 is 1.96 bits per heavy atom. The van der Waals surface area contributed by atoms with Gasteiger partial charge in [0.25, 0.3) is 11.8 Å². The molecule has 0 aromatic heterocycles. The minimum absolute atomic E-state index is 0.0956. The highest BCUT2D eigenvalue weighted by Gasteiger charge is 2.30. The zero-order valence-corrected chi connectivity index (χ0v) is 15.4. The number of benzene rings is 2. The van der Waals surface area contributed by atoms with Crippen LogP contribution >= 0.6 is 15.9 Å². The summed E-state index contributed by atoms with van der Waals surface area (Å²) >= 11 is 3.39. The van der Waals surface area contributed by atoms with E-state index in [1.54, 1.807) is 19.1 Å². The fourth-order valence-corrected chi connectivity index (χ4v) is 2.93. The van der Waals surface area contributed by atoms with Gasteiger partial charge >= 0.3 is 0 Å². The van der Waals surface area contributed by atoms with Crippen LogP contribution in [-0.2, 0) is 9.59 Å². The number of nitrogens with one attached hydrogen (secondary N) is 2. The van der Waals surface area contributed by atoms with Gasteiger partial charge in [-0.05, 0) is 49.7 Å². The second-order valence-electron chi connectivity index (χ2n) is 5.69. The van der Waals surface area contributed by atoms with E-state index in [1.165, 1.54) is 5.01 Å². The minimum Gasteiger partial charge on any atom is -0.319 e. The Kier molecular flexibility index (Phi) is 4.85. The van der Waals surface area contributed by atoms with Crippen LogP contribution < -0.4 is 15.8 Å². The Balaban J connectivity index is 1.82. The lowest BCUT2D eigenvalue weighted by Gasteiger charge is -2.30. The number of hydrogen-bond donors (Lipinski definition) is 2. The molecule has 1 aliphatic heterocycles. The van der Waals surface area contributed by atoms with Gasteiger partial charge in [0.15, 0.2) is 0 Å². The van der Waals surface area contributed by atoms with Crippen molar-refractivity contribution in [3.63, 3.8) is 0 Å². The molecule has 1 atom stereocenters. The molecule has 0 bridgehead atoms. The Labute approximate surface area is 154 Å². The second-order valence-corrected chi connectivity index (χ2v) is 6.60. The first-order valence-corrected chi connectivity index (χ1v) is 8.56. The van der Waals surface area contributed by atoms with Gasteiger partial charge in [-0.15, -0.1) is 0 Å². The van der Waals surface area contributed by atoms with Crippen molar-refractivity contribution in [1.82, 2.24) is 5.43 Å². The molecular formula is C18H17BrN4O2. The van der Waals surface area contributed by atoms with E-state index in [0.717, 1.165) is 10.0 Å². The van der Waals surface area contributed by atoms with Gasteiger partial charge < -0.3 is 5.32 Å². The molecule has 2 N–H and O–H groups in total. The molecule has 128 valence electrons. The number of nitrogens with zero attached hydrogens (tertiary/aromatic N) is 2. The largest absolute Gasteiger partial charge is 0.319 e. The van der Waals surface area contributed by atoms with E-state index < -0.39 is 11.9 Å². The fourth-order valence-electron chi connectivity index (χ4n) is 2.45. The number of rotatable bonds is 3. The Hall–Kier alpha value is -2.67. The monoisotopic (exact) mass is 400 g/mol. The predicted octanol–water partition coefficient (Wildman–Crippen LogP) is 3.03. The van der Waals surface area contributed by atoms with Crippen molar-refractivity contribution in [2.45, 2.75) is 19.9 Å². The van der Waals surface area contributed by atoms with Crippen LogP contribution in [0.1, 0.15) is 12.5 Å². The van der Waals surface area contributed by atoms with Crippen molar-refractivity contribution in [3.05, 3.63) is 58.6 Å². The molecule has 3 rings (SSSR count). The SMILES string of the molecule is Cc1cc(Br)ccc1NC(=O)C1=N[C@@H](C)C(=O)N(c2ccccc2)N1. The molecule has 0 unspecified atom stereocenters. The zero-order valence-electron chi connectivity index (χ0n) is 13.8. The number of amidine groups is 1. The molecule has 0 radical (unpaired) electrons. The number of aliphatic imine (C=N–C) groups is 1. The van der Waals surface area contributed by atoms with E-state index in [4.69, 9.17) is 0 Å². The summed E-state index contributed by atoms with van der Waals surface area (Å²) in [6.07, 6.45) is 0. The molecule has 0 aliphatic carbocycles. The van der Waals surface area contributed by atoms with Crippen LogP contribution in [0.3, 0.4) is 0 Å². The van der Waals surface area contributed by atoms with Crippen molar-refractivity contribution in [3.8, 4) is 0 Å². The Morgan fingerprint density at radius 3 is 2.64 bits per heavy atom. The van der Waals surface area contributed by atoms with Crippen molar-refractivity contribution in [2.24, 2.45) is 4.99 Å². The van der Waals surface area contributed by atoms with E-state index in [2.05, 4.69) is 31.7 Å². The fraction of sp³-hybridized carbons (Fsp3) is 0.167. The van der Waals surface area contributed by atoms with Crippen molar-refractivity contribution < 1.29 is 9.59 Å². The second kappa shape index (κ2) is 7.06. The van der Waals surface area contributed by atoms with Crippen LogP contribution in [0.2, 0.25) is 0 Å². The number of para-hydroxylation sites is 1. The summed E-state index contributed by atoms with van der Waals surface area (Å²) in [6, 6.07) is 14.0. The summed E-state index contributed by atoms with van der Waals surface area (Å²) in [4.78, 5) is 29.1. The maximum absolute atomic E-state index is 12.6. The average Bonchev–Trinajstić information content (AvgIpc) is 2.60. The normalized spacial score (nSPS) is 16.9. The topological polar surface area (TPSA) is 73.8 Å². The van der Waals surface area contributed by atoms with Crippen LogP contribution in [0.4, 0.5) is 11.4 Å². The first-order chi connectivity index (χ1) is 12.0. The number of hydrazine groups is 1. The number of carbonyl (C=O) groups is 2. The first kappa shape index (κ1) is 17.2. The summed E-state index contributed by atoms with van der Waals surface area (Å²) < 4.78 is 0.936. The number of anilines is 2. The van der Waals surface area contributed by atoms with Gasteiger partial charge in [-0.3, -0.25) is 15.0 Å². The number of hydrogen-bond acceptors (Lipinski definition) is 4. The lowest BCUT2D eigenvalue weighted by Crippen LogP contribution is -2.57. The van der Waals surface area contributed by atoms with Crippen molar-refractivity contribution >= 4 is 45.0 Å². The summed E-state index contributed by atoms with van der Waals surface area (Å²) in [5.41, 5.74) is 5.07. The van der Waals surface area contributed by atoms with E-state index in [1.807, 2.05) is 43.3 Å². The standard InChI is InChI=1S/C18H17BrN4O2/c1-11-10-13(19)8-9-15(11)21-17(24)16-20-12(2)18(25)23(22-16)14-6-4-3-5-7-14/h3-10,12H,1-2H3,(H,20,22)(H,21,24)/t12-/m0/s1. The van der Waals surface area contributed by atoms with Crippen molar-refractivity contribution in [1.29, 1.82) is 0 Å². The molecule has 2 aromatic rings. The van der Waals surface area contributed by atoms with E-state index >= 15 is 0 Å². The van der Waals surface area contributed by atoms with Gasteiger partial charge in [0.2, 0.25) is 5.84 Å². The van der Waals surface area contributed by atoms with Crippen LogP contribution in [0.15, 0.2) is 58.0 Å². The molecule has 2 aromatic carbocycles. The van der Waals surface area contributed by atoms with Gasteiger partial charge in [-0.1, -0.05) is 34.1 Å². The highest BCUT2D eigenvalue weighted by molar-refractivity contribution is 9.10. The highest BCUT2D eigenvalue weighted by Crippen LogP contribution is 2.21. The molecule has 6 nitrogen and oxygen atoms in total. The number of halogens is 1. The summed E-state index contributed by atoms with van der Waals surface area (Å²) in [5.74, 6) is -0.522. The third-order valence-corrected chi connectivity index (χ3v) is 4.28. The maximum Gasteiger partial charge on any atom is 0.292 e. The summed E-state index contributed by atoms with van der Waals surface area (Å²) in [6.45, 7) is 3.57. The van der Waals surface area contributed by atoms with Crippen LogP contribution in [-0.4, -0.2) is 23.7 Å². The molecule has 0 spiro atoms. The quantitative estimate of drug-likeness (QED) is 0.831. The lowest BCUT2D eigenvalue weighted by atomic mass is 10.2. The summed E-state index contributed by atoms with van der Waals surface area (Å²) in [5, 5.41) is 4.17. The Morgan fingerprint density at radius 1 is 1.24 bits per heavy atom. The third-order valence-electron chi connectivity index (χ3n) is 3.78. The van der Waals surface area contributed by atoms with Gasteiger partial charge in [0.1, 0.15) is 6.04 Å². The van der Waals surface area contributed by atoms with E-state index in [9.17, 15) is 9.59 Å². The third kappa shape index (κ3) is 3.71. The molecule has 0 saturated carbocycles. The molecule has 7 heteroatoms. The van der Waals surface area contributed by atoms with Gasteiger partial charge in [-0.25, -0.2) is 10.0 Å². The van der Waals surface area contributed by atoms with Gasteiger partial charge in [0, 0.05) is 10.2 Å². The number of aryl methyl sites for hydroxylation is 1. The highest BCUT2D eigenvalue weighted by atomic mass is 79.9. The van der Waals surface area contributed by atoms with Gasteiger partial charge in [0.05, 0.1) is 5.69 Å². The van der Waals surface area contributed by atoms with Crippen LogP contribution in [0.25, 0.3) is 0 Å². The van der Waals surface area contributed by atoms with Crippen LogP contribution in [0, 0.1) is 6.92 Å². The van der Waals surface area contributed by atoms with E-state index in [-0.39, 0.29) is 11.7 Å². The number of carbonyl (C=O) groups excluding carboxylic acids is 2. The zero-order chi connectivity index (χ0) is 18.0.